The molecule has 0 saturated carbocycles. The third kappa shape index (κ3) is 4.54. The van der Waals surface area contributed by atoms with Crippen molar-refractivity contribution >= 4 is 27.5 Å². The molecule has 2 aromatic rings. The van der Waals surface area contributed by atoms with Gasteiger partial charge in [-0.15, -0.1) is 0 Å². The molecular formula is C27H34O4S. The molecule has 0 radical (unpaired) electrons. The minimum absolute atomic E-state index is 0.0317. The zero-order valence-corrected chi connectivity index (χ0v) is 20.7. The summed E-state index contributed by atoms with van der Waals surface area (Å²) in [7, 11) is -3.90. The molecule has 0 amide bonds. The topological polar surface area (TPSA) is 71.4 Å². The molecule has 0 fully saturated rings. The van der Waals surface area contributed by atoms with Crippen molar-refractivity contribution in [3.8, 4) is 0 Å². The maximum absolute atomic E-state index is 12.6. The second kappa shape index (κ2) is 8.51. The number of rotatable bonds is 6. The predicted molar refractivity (Wildman–Crippen MR) is 131 cm³/mol. The van der Waals surface area contributed by atoms with E-state index in [2.05, 4.69) is 52.8 Å². The van der Waals surface area contributed by atoms with Crippen molar-refractivity contribution < 1.29 is 18.3 Å². The van der Waals surface area contributed by atoms with Crippen LogP contribution in [0.25, 0.3) is 11.6 Å². The van der Waals surface area contributed by atoms with Crippen molar-refractivity contribution in [2.24, 2.45) is 0 Å². The second-order valence-corrected chi connectivity index (χ2v) is 12.3. The van der Waals surface area contributed by atoms with Crippen molar-refractivity contribution in [3.05, 3.63) is 64.7 Å². The largest absolute Gasteiger partial charge is 0.480 e. The van der Waals surface area contributed by atoms with Gasteiger partial charge in [0.05, 0.1) is 4.90 Å². The highest BCUT2D eigenvalue weighted by Gasteiger charge is 2.37. The first-order chi connectivity index (χ1) is 14.8. The Morgan fingerprint density at radius 2 is 1.56 bits per heavy atom. The summed E-state index contributed by atoms with van der Waals surface area (Å²) in [6.07, 6.45) is 4.40. The van der Waals surface area contributed by atoms with Gasteiger partial charge in [-0.05, 0) is 77.0 Å². The van der Waals surface area contributed by atoms with Crippen molar-refractivity contribution in [1.29, 1.82) is 0 Å². The van der Waals surface area contributed by atoms with E-state index in [0.29, 0.717) is 0 Å². The summed E-state index contributed by atoms with van der Waals surface area (Å²) >= 11 is 0. The van der Waals surface area contributed by atoms with E-state index in [9.17, 15) is 18.3 Å². The first kappa shape index (κ1) is 24.2. The van der Waals surface area contributed by atoms with Gasteiger partial charge in [0.2, 0.25) is 0 Å². The third-order valence-corrected chi connectivity index (χ3v) is 9.13. The molecule has 2 aromatic carbocycles. The van der Waals surface area contributed by atoms with E-state index < -0.39 is 21.1 Å². The summed E-state index contributed by atoms with van der Waals surface area (Å²) in [5.41, 5.74) is 6.26. The Kier molecular flexibility index (Phi) is 6.45. The molecule has 1 atom stereocenters. The lowest BCUT2D eigenvalue weighted by Gasteiger charge is -2.42. The number of hydrogen-bond acceptors (Lipinski definition) is 3. The van der Waals surface area contributed by atoms with Gasteiger partial charge in [-0.2, -0.15) is 0 Å². The predicted octanol–water partition coefficient (Wildman–Crippen LogP) is 6.23. The Balaban J connectivity index is 1.93. The number of fused-ring (bicyclic) bond motifs is 1. The van der Waals surface area contributed by atoms with E-state index in [4.69, 9.17) is 0 Å². The van der Waals surface area contributed by atoms with E-state index in [1.54, 1.807) is 19.1 Å². The zero-order valence-electron chi connectivity index (χ0n) is 19.9. The van der Waals surface area contributed by atoms with Crippen LogP contribution in [0.2, 0.25) is 0 Å². The number of carbonyl (C=O) groups is 1. The molecule has 0 spiro atoms. The zero-order chi connectivity index (χ0) is 23.9. The highest BCUT2D eigenvalue weighted by molar-refractivity contribution is 7.92. The van der Waals surface area contributed by atoms with Crippen LogP contribution >= 0.6 is 0 Å². The van der Waals surface area contributed by atoms with Gasteiger partial charge >= 0.3 is 5.97 Å². The van der Waals surface area contributed by atoms with Crippen LogP contribution in [0.5, 0.6) is 0 Å². The molecule has 1 aliphatic rings. The molecule has 172 valence electrons. The van der Waals surface area contributed by atoms with Crippen LogP contribution in [0.4, 0.5) is 0 Å². The smallest absolute Gasteiger partial charge is 0.322 e. The van der Waals surface area contributed by atoms with E-state index >= 15 is 0 Å². The lowest BCUT2D eigenvalue weighted by Crippen LogP contribution is -2.33. The average molecular weight is 455 g/mol. The van der Waals surface area contributed by atoms with Gasteiger partial charge in [-0.3, -0.25) is 4.79 Å². The molecule has 0 aliphatic heterocycles. The van der Waals surface area contributed by atoms with E-state index in [1.807, 2.05) is 6.08 Å². The van der Waals surface area contributed by atoms with Gasteiger partial charge in [-0.1, -0.05) is 71.0 Å². The van der Waals surface area contributed by atoms with Crippen LogP contribution in [-0.2, 0) is 25.5 Å². The Morgan fingerprint density at radius 3 is 2.09 bits per heavy atom. The first-order valence-corrected chi connectivity index (χ1v) is 12.7. The molecule has 1 aliphatic carbocycles. The van der Waals surface area contributed by atoms with Gasteiger partial charge in [0.25, 0.3) is 0 Å². The lowest BCUT2D eigenvalue weighted by atomic mass is 9.63. The number of carboxylic acid groups (broad SMARTS) is 1. The van der Waals surface area contributed by atoms with Gasteiger partial charge < -0.3 is 5.11 Å². The monoisotopic (exact) mass is 454 g/mol. The summed E-state index contributed by atoms with van der Waals surface area (Å²) in [5.74, 6) is -1.31. The third-order valence-electron chi connectivity index (χ3n) is 6.92. The molecule has 3 rings (SSSR count). The van der Waals surface area contributed by atoms with Gasteiger partial charge in [0.15, 0.2) is 15.1 Å². The van der Waals surface area contributed by atoms with E-state index in [0.717, 1.165) is 23.1 Å². The minimum atomic E-state index is -3.90. The Labute approximate surface area is 192 Å². The maximum atomic E-state index is 12.6. The normalized spacial score (nSPS) is 18.6. The lowest BCUT2D eigenvalue weighted by molar-refractivity contribution is -0.136. The number of allylic oxidation sites excluding steroid dienone is 1. The van der Waals surface area contributed by atoms with Crippen molar-refractivity contribution in [1.82, 2.24) is 0 Å². The van der Waals surface area contributed by atoms with Crippen LogP contribution in [0.3, 0.4) is 0 Å². The number of carboxylic acids is 1. The molecule has 1 unspecified atom stereocenters. The van der Waals surface area contributed by atoms with Crippen molar-refractivity contribution in [2.45, 2.75) is 81.8 Å². The Morgan fingerprint density at radius 1 is 1.00 bits per heavy atom. The van der Waals surface area contributed by atoms with Crippen molar-refractivity contribution in [2.75, 3.05) is 0 Å². The summed E-state index contributed by atoms with van der Waals surface area (Å²) in [5, 5.41) is 7.81. The average Bonchev–Trinajstić information content (AvgIpc) is 2.71. The number of hydrogen-bond donors (Lipinski definition) is 1. The summed E-state index contributed by atoms with van der Waals surface area (Å²) < 4.78 is 25.2. The van der Waals surface area contributed by atoms with Crippen molar-refractivity contribution in [3.63, 3.8) is 0 Å². The van der Waals surface area contributed by atoms with Crippen LogP contribution in [-0.4, -0.2) is 24.7 Å². The van der Waals surface area contributed by atoms with Crippen LogP contribution < -0.4 is 0 Å². The fraction of sp³-hybridized carbons (Fsp3) is 0.444. The summed E-state index contributed by atoms with van der Waals surface area (Å²) in [4.78, 5) is 11.4. The van der Waals surface area contributed by atoms with Gasteiger partial charge in [-0.25, -0.2) is 8.42 Å². The molecule has 4 nitrogen and oxygen atoms in total. The standard InChI is InChI=1S/C27H34O4S/c1-7-24(25(28)29)32(30,31)21-11-8-19(9-12-21)16-18(2)20-10-13-22-23(17-20)27(5,6)15-14-26(22,3)4/h8-13,16-17,24H,7,14-15H2,1-6H3,(H,28,29). The quantitative estimate of drug-likeness (QED) is 0.525. The molecule has 0 aromatic heterocycles. The van der Waals surface area contributed by atoms with E-state index in [1.165, 1.54) is 29.7 Å². The molecular weight excluding hydrogens is 420 g/mol. The molecule has 0 saturated heterocycles. The van der Waals surface area contributed by atoms with Crippen LogP contribution in [0.15, 0.2) is 47.4 Å². The molecule has 32 heavy (non-hydrogen) atoms. The van der Waals surface area contributed by atoms with Crippen LogP contribution in [0.1, 0.15) is 83.1 Å². The SMILES string of the molecule is CCC(C(=O)O)S(=O)(=O)c1ccc(C=C(C)c2ccc3c(c2)C(C)(C)CCC3(C)C)cc1. The molecule has 0 heterocycles. The second-order valence-electron chi connectivity index (χ2n) is 10.2. The van der Waals surface area contributed by atoms with Gasteiger partial charge in [0.1, 0.15) is 0 Å². The van der Waals surface area contributed by atoms with Crippen LogP contribution in [0, 0.1) is 0 Å². The maximum Gasteiger partial charge on any atom is 0.322 e. The highest BCUT2D eigenvalue weighted by Crippen LogP contribution is 2.46. The summed E-state index contributed by atoms with van der Waals surface area (Å²) in [6.45, 7) is 12.9. The van der Waals surface area contributed by atoms with E-state index in [-0.39, 0.29) is 22.1 Å². The number of sulfone groups is 1. The fourth-order valence-electron chi connectivity index (χ4n) is 4.61. The van der Waals surface area contributed by atoms with Gasteiger partial charge in [0, 0.05) is 0 Å². The number of aliphatic carboxylic acids is 1. The molecule has 5 heteroatoms. The Hall–Kier alpha value is -2.40. The summed E-state index contributed by atoms with van der Waals surface area (Å²) in [6, 6.07) is 13.2. The number of benzene rings is 2. The molecule has 1 N–H and O–H groups in total. The fourth-order valence-corrected chi connectivity index (χ4v) is 6.16. The first-order valence-electron chi connectivity index (χ1n) is 11.2. The molecule has 0 bridgehead atoms. The highest BCUT2D eigenvalue weighted by atomic mass is 32.2. The Bertz CT molecular complexity index is 1150. The minimum Gasteiger partial charge on any atom is -0.480 e.